The first-order valence-corrected chi connectivity index (χ1v) is 5.90. The fourth-order valence-electron chi connectivity index (χ4n) is 2.01. The van der Waals surface area contributed by atoms with Gasteiger partial charge in [-0.05, 0) is 18.6 Å². The summed E-state index contributed by atoms with van der Waals surface area (Å²) in [6.07, 6.45) is 1.71. The molecule has 0 unspecified atom stereocenters. The van der Waals surface area contributed by atoms with Gasteiger partial charge in [0.25, 0.3) is 5.91 Å². The highest BCUT2D eigenvalue weighted by molar-refractivity contribution is 6.16. The topological polar surface area (TPSA) is 46.6 Å². The van der Waals surface area contributed by atoms with Crippen LogP contribution in [0.1, 0.15) is 12.5 Å². The summed E-state index contributed by atoms with van der Waals surface area (Å²) < 4.78 is 4.75. The summed E-state index contributed by atoms with van der Waals surface area (Å²) in [6, 6.07) is 9.41. The van der Waals surface area contributed by atoms with E-state index in [9.17, 15) is 9.59 Å². The van der Waals surface area contributed by atoms with Gasteiger partial charge in [-0.15, -0.1) is 0 Å². The fraction of sp³-hybridized carbons (Fsp3) is 0.200. The second-order valence-corrected chi connectivity index (χ2v) is 4.28. The van der Waals surface area contributed by atoms with Crippen LogP contribution in [-0.2, 0) is 14.3 Å². The Morgan fingerprint density at radius 2 is 1.89 bits per heavy atom. The van der Waals surface area contributed by atoms with Gasteiger partial charge < -0.3 is 9.64 Å². The van der Waals surface area contributed by atoms with E-state index in [4.69, 9.17) is 4.74 Å². The first-order valence-electron chi connectivity index (χ1n) is 5.90. The molecule has 1 aromatic carbocycles. The van der Waals surface area contributed by atoms with Crippen molar-refractivity contribution in [3.05, 3.63) is 52.7 Å². The van der Waals surface area contributed by atoms with Crippen molar-refractivity contribution >= 4 is 18.0 Å². The molecule has 0 fully saturated rings. The van der Waals surface area contributed by atoms with Gasteiger partial charge in [0.2, 0.25) is 0 Å². The number of rotatable bonds is 2. The van der Waals surface area contributed by atoms with Crippen LogP contribution in [0.5, 0.6) is 0 Å². The average Bonchev–Trinajstić information content (AvgIpc) is 2.64. The number of methoxy groups -OCH3 is 1. The number of likely N-dealkylation sites (N-methyl/N-ethyl adjacent to an activating group) is 1. The molecule has 0 bridgehead atoms. The van der Waals surface area contributed by atoms with Crippen molar-refractivity contribution in [2.75, 3.05) is 14.2 Å². The van der Waals surface area contributed by atoms with Crippen LogP contribution in [0.4, 0.5) is 0 Å². The van der Waals surface area contributed by atoms with Gasteiger partial charge in [-0.25, -0.2) is 4.79 Å². The third-order valence-corrected chi connectivity index (χ3v) is 3.17. The van der Waals surface area contributed by atoms with Crippen LogP contribution in [0.15, 0.2) is 47.2 Å². The number of amides is 1. The number of nitrogens with zero attached hydrogens (tertiary/aromatic N) is 1. The van der Waals surface area contributed by atoms with Crippen molar-refractivity contribution < 1.29 is 14.3 Å². The Balaban J connectivity index is 2.52. The Bertz CT molecular complexity index is 585. The van der Waals surface area contributed by atoms with Gasteiger partial charge in [-0.2, -0.15) is 0 Å². The molecule has 4 nitrogen and oxygen atoms in total. The highest BCUT2D eigenvalue weighted by Crippen LogP contribution is 2.30. The molecule has 1 heterocycles. The molecule has 1 amide bonds. The van der Waals surface area contributed by atoms with E-state index in [2.05, 4.69) is 0 Å². The van der Waals surface area contributed by atoms with Crippen LogP contribution in [0.25, 0.3) is 6.08 Å². The zero-order valence-corrected chi connectivity index (χ0v) is 11.1. The molecule has 0 spiro atoms. The monoisotopic (exact) mass is 257 g/mol. The van der Waals surface area contributed by atoms with E-state index in [0.29, 0.717) is 16.8 Å². The van der Waals surface area contributed by atoms with Gasteiger partial charge in [0.1, 0.15) is 0 Å². The van der Waals surface area contributed by atoms with Crippen LogP contribution in [0, 0.1) is 0 Å². The smallest absolute Gasteiger partial charge is 0.340 e. The van der Waals surface area contributed by atoms with Gasteiger partial charge in [0.15, 0.2) is 0 Å². The quantitative estimate of drug-likeness (QED) is 0.601. The lowest BCUT2D eigenvalue weighted by Crippen LogP contribution is -2.19. The Labute approximate surface area is 112 Å². The minimum Gasteiger partial charge on any atom is -0.465 e. The summed E-state index contributed by atoms with van der Waals surface area (Å²) in [6.45, 7) is 1.73. The third-order valence-electron chi connectivity index (χ3n) is 3.17. The number of allylic oxidation sites excluding steroid dienone is 1. The van der Waals surface area contributed by atoms with Gasteiger partial charge in [-0.3, -0.25) is 4.79 Å². The van der Waals surface area contributed by atoms with E-state index in [-0.39, 0.29) is 5.91 Å². The summed E-state index contributed by atoms with van der Waals surface area (Å²) in [5.74, 6) is -0.681. The number of carbonyl (C=O) groups is 2. The lowest BCUT2D eigenvalue weighted by molar-refractivity contribution is -0.136. The Hall–Kier alpha value is -2.36. The molecule has 2 rings (SSSR count). The van der Waals surface area contributed by atoms with Crippen LogP contribution < -0.4 is 0 Å². The Morgan fingerprint density at radius 1 is 1.26 bits per heavy atom. The number of hydrogen-bond donors (Lipinski definition) is 0. The van der Waals surface area contributed by atoms with Crippen molar-refractivity contribution in [3.8, 4) is 0 Å². The first kappa shape index (κ1) is 13.1. The second-order valence-electron chi connectivity index (χ2n) is 4.28. The lowest BCUT2D eigenvalue weighted by atomic mass is 10.0. The number of esters is 1. The molecule has 1 aromatic rings. The average molecular weight is 257 g/mol. The molecule has 0 aromatic heterocycles. The van der Waals surface area contributed by atoms with Crippen LogP contribution in [0.2, 0.25) is 0 Å². The molecule has 1 aliphatic heterocycles. The second kappa shape index (κ2) is 5.10. The number of hydrogen-bond acceptors (Lipinski definition) is 3. The summed E-state index contributed by atoms with van der Waals surface area (Å²) in [5.41, 5.74) is 2.19. The minimum atomic E-state index is -0.489. The fourth-order valence-corrected chi connectivity index (χ4v) is 2.01. The molecule has 0 N–H and O–H groups in total. The largest absolute Gasteiger partial charge is 0.465 e. The summed E-state index contributed by atoms with van der Waals surface area (Å²) >= 11 is 0. The summed E-state index contributed by atoms with van der Waals surface area (Å²) in [4.78, 5) is 25.4. The molecule has 0 saturated heterocycles. The SMILES string of the molecule is COC(=O)C1=C(C)N(C)C(=O)/C1=C\c1ccccc1. The van der Waals surface area contributed by atoms with Crippen molar-refractivity contribution in [2.24, 2.45) is 0 Å². The van der Waals surface area contributed by atoms with E-state index >= 15 is 0 Å². The zero-order chi connectivity index (χ0) is 14.0. The minimum absolute atomic E-state index is 0.193. The van der Waals surface area contributed by atoms with E-state index in [1.807, 2.05) is 30.3 Å². The van der Waals surface area contributed by atoms with Crippen molar-refractivity contribution in [2.45, 2.75) is 6.92 Å². The van der Waals surface area contributed by atoms with Crippen LogP contribution in [-0.4, -0.2) is 30.9 Å². The lowest BCUT2D eigenvalue weighted by Gasteiger charge is -2.08. The van der Waals surface area contributed by atoms with Gasteiger partial charge in [0.05, 0.1) is 18.3 Å². The molecule has 1 aliphatic rings. The van der Waals surface area contributed by atoms with Crippen molar-refractivity contribution in [1.82, 2.24) is 4.90 Å². The maximum absolute atomic E-state index is 12.2. The van der Waals surface area contributed by atoms with E-state index in [0.717, 1.165) is 5.56 Å². The molecule has 4 heteroatoms. The molecule has 0 radical (unpaired) electrons. The predicted molar refractivity (Wildman–Crippen MR) is 71.9 cm³/mol. The Morgan fingerprint density at radius 3 is 2.47 bits per heavy atom. The number of ether oxygens (including phenoxy) is 1. The highest BCUT2D eigenvalue weighted by atomic mass is 16.5. The zero-order valence-electron chi connectivity index (χ0n) is 11.1. The van der Waals surface area contributed by atoms with Crippen molar-refractivity contribution in [1.29, 1.82) is 0 Å². The summed E-state index contributed by atoms with van der Waals surface area (Å²) in [5, 5.41) is 0. The van der Waals surface area contributed by atoms with Gasteiger partial charge in [0, 0.05) is 12.7 Å². The molecule has 0 saturated carbocycles. The highest BCUT2D eigenvalue weighted by Gasteiger charge is 2.34. The van der Waals surface area contributed by atoms with Crippen molar-refractivity contribution in [3.63, 3.8) is 0 Å². The van der Waals surface area contributed by atoms with E-state index in [1.54, 1.807) is 20.0 Å². The van der Waals surface area contributed by atoms with Crippen LogP contribution in [0.3, 0.4) is 0 Å². The number of carbonyl (C=O) groups excluding carboxylic acids is 2. The summed E-state index contributed by atoms with van der Waals surface area (Å²) in [7, 11) is 2.96. The molecule has 0 atom stereocenters. The maximum atomic E-state index is 12.2. The normalized spacial score (nSPS) is 17.3. The van der Waals surface area contributed by atoms with E-state index < -0.39 is 5.97 Å². The van der Waals surface area contributed by atoms with Crippen LogP contribution >= 0.6 is 0 Å². The van der Waals surface area contributed by atoms with Gasteiger partial charge >= 0.3 is 5.97 Å². The van der Waals surface area contributed by atoms with E-state index in [1.165, 1.54) is 12.0 Å². The molecular weight excluding hydrogens is 242 g/mol. The molecule has 19 heavy (non-hydrogen) atoms. The third kappa shape index (κ3) is 2.29. The molecule has 0 aliphatic carbocycles. The number of benzene rings is 1. The standard InChI is InChI=1S/C15H15NO3/c1-10-13(15(18)19-3)12(14(17)16(10)2)9-11-7-5-4-6-8-11/h4-9H,1-3H3/b12-9-. The predicted octanol–water partition coefficient (Wildman–Crippen LogP) is 1.99. The molecule has 98 valence electrons. The Kier molecular flexibility index (Phi) is 3.51. The first-order chi connectivity index (χ1) is 9.06. The maximum Gasteiger partial charge on any atom is 0.340 e. The van der Waals surface area contributed by atoms with Gasteiger partial charge in [-0.1, -0.05) is 30.3 Å². The molecular formula is C15H15NO3.